The Morgan fingerprint density at radius 1 is 1.00 bits per heavy atom. The largest absolute Gasteiger partial charge is 0.490 e. The van der Waals surface area contributed by atoms with Gasteiger partial charge in [-0.3, -0.25) is 0 Å². The van der Waals surface area contributed by atoms with Crippen LogP contribution in [0.25, 0.3) is 0 Å². The van der Waals surface area contributed by atoms with E-state index < -0.39 is 5.97 Å². The van der Waals surface area contributed by atoms with E-state index in [1.54, 1.807) is 24.3 Å². The Morgan fingerprint density at radius 2 is 1.69 bits per heavy atom. The minimum absolute atomic E-state index is 0.00645. The molecule has 6 heteroatoms. The van der Waals surface area contributed by atoms with Crippen LogP contribution in [0.2, 0.25) is 0 Å². The molecule has 26 heavy (non-hydrogen) atoms. The quantitative estimate of drug-likeness (QED) is 0.585. The molecule has 0 aliphatic carbocycles. The number of rotatable bonds is 7. The van der Waals surface area contributed by atoms with Gasteiger partial charge in [0.1, 0.15) is 19.0 Å². The molecule has 0 atom stereocenters. The summed E-state index contributed by atoms with van der Waals surface area (Å²) in [4.78, 5) is 24.1. The number of ether oxygens (including phenoxy) is 2. The summed E-state index contributed by atoms with van der Waals surface area (Å²) in [5.74, 6) is 0.206. The highest BCUT2D eigenvalue weighted by molar-refractivity contribution is 6.00. The Bertz CT molecular complexity index is 742. The van der Waals surface area contributed by atoms with Crippen molar-refractivity contribution >= 4 is 17.7 Å². The van der Waals surface area contributed by atoms with Gasteiger partial charge in [-0.15, -0.1) is 0 Å². The van der Waals surface area contributed by atoms with Crippen LogP contribution in [0.3, 0.4) is 0 Å². The normalized spacial score (nSPS) is 10.3. The van der Waals surface area contributed by atoms with Crippen LogP contribution in [0.15, 0.2) is 48.5 Å². The molecular formula is C20H24N2O4. The lowest BCUT2D eigenvalue weighted by atomic mass is 10.2. The Hall–Kier alpha value is -3.02. The molecule has 0 unspecified atom stereocenters. The highest BCUT2D eigenvalue weighted by Gasteiger charge is 2.14. The lowest BCUT2D eigenvalue weighted by molar-refractivity contribution is 0.0451. The van der Waals surface area contributed by atoms with Gasteiger partial charge >= 0.3 is 12.0 Å². The van der Waals surface area contributed by atoms with Crippen molar-refractivity contribution in [1.29, 1.82) is 0 Å². The summed E-state index contributed by atoms with van der Waals surface area (Å²) in [6.45, 7) is 6.07. The van der Waals surface area contributed by atoms with Gasteiger partial charge in [-0.25, -0.2) is 9.59 Å². The standard InChI is InChI=1S/C20H24N2O4/c1-14(2)21-20(24)22-18-7-5-4-6-17(18)19(23)26-13-12-25-16-10-8-15(3)9-11-16/h4-11,14H,12-13H2,1-3H3,(H2,21,22,24). The van der Waals surface area contributed by atoms with Crippen molar-refractivity contribution in [2.45, 2.75) is 26.8 Å². The summed E-state index contributed by atoms with van der Waals surface area (Å²) < 4.78 is 10.8. The maximum atomic E-state index is 12.3. The highest BCUT2D eigenvalue weighted by atomic mass is 16.6. The number of urea groups is 1. The monoisotopic (exact) mass is 356 g/mol. The molecule has 0 heterocycles. The van der Waals surface area contributed by atoms with E-state index >= 15 is 0 Å². The summed E-state index contributed by atoms with van der Waals surface area (Å²) in [5.41, 5.74) is 1.84. The Morgan fingerprint density at radius 3 is 2.38 bits per heavy atom. The van der Waals surface area contributed by atoms with E-state index in [9.17, 15) is 9.59 Å². The van der Waals surface area contributed by atoms with Crippen LogP contribution in [0.1, 0.15) is 29.8 Å². The zero-order valence-corrected chi connectivity index (χ0v) is 15.2. The smallest absolute Gasteiger partial charge is 0.340 e. The second-order valence-electron chi connectivity index (χ2n) is 6.10. The van der Waals surface area contributed by atoms with Crippen LogP contribution in [0.4, 0.5) is 10.5 Å². The van der Waals surface area contributed by atoms with Crippen molar-refractivity contribution in [3.8, 4) is 5.75 Å². The third kappa shape index (κ3) is 6.12. The van der Waals surface area contributed by atoms with Crippen LogP contribution in [0.5, 0.6) is 5.75 Å². The van der Waals surface area contributed by atoms with Gasteiger partial charge in [0.05, 0.1) is 11.3 Å². The van der Waals surface area contributed by atoms with Crippen LogP contribution in [-0.2, 0) is 4.74 Å². The van der Waals surface area contributed by atoms with Gasteiger partial charge in [0.15, 0.2) is 0 Å². The first-order chi connectivity index (χ1) is 12.5. The van der Waals surface area contributed by atoms with Gasteiger partial charge in [-0.05, 0) is 45.0 Å². The Labute approximate surface area is 153 Å². The number of carbonyl (C=O) groups excluding carboxylic acids is 2. The molecule has 0 saturated heterocycles. The average molecular weight is 356 g/mol. The number of nitrogens with one attached hydrogen (secondary N) is 2. The second-order valence-corrected chi connectivity index (χ2v) is 6.10. The molecule has 0 saturated carbocycles. The minimum Gasteiger partial charge on any atom is -0.490 e. The van der Waals surface area contributed by atoms with Crippen molar-refractivity contribution in [3.63, 3.8) is 0 Å². The molecular weight excluding hydrogens is 332 g/mol. The van der Waals surface area contributed by atoms with E-state index in [0.29, 0.717) is 11.3 Å². The molecule has 2 aromatic carbocycles. The molecule has 2 rings (SSSR count). The Balaban J connectivity index is 1.86. The number of esters is 1. The van der Waals surface area contributed by atoms with Crippen LogP contribution in [-0.4, -0.2) is 31.3 Å². The molecule has 0 aliphatic rings. The van der Waals surface area contributed by atoms with E-state index in [4.69, 9.17) is 9.47 Å². The maximum absolute atomic E-state index is 12.3. The number of para-hydroxylation sites is 1. The number of hydrogen-bond acceptors (Lipinski definition) is 4. The molecule has 0 aliphatic heterocycles. The molecule has 2 N–H and O–H groups in total. The van der Waals surface area contributed by atoms with E-state index in [2.05, 4.69) is 10.6 Å². The Kier molecular flexibility index (Phi) is 7.02. The van der Waals surface area contributed by atoms with Crippen molar-refractivity contribution in [2.75, 3.05) is 18.5 Å². The highest BCUT2D eigenvalue weighted by Crippen LogP contribution is 2.16. The van der Waals surface area contributed by atoms with Gasteiger partial charge in [0.25, 0.3) is 0 Å². The summed E-state index contributed by atoms with van der Waals surface area (Å²) >= 11 is 0. The number of carbonyl (C=O) groups is 2. The molecule has 0 spiro atoms. The van der Waals surface area contributed by atoms with Crippen molar-refractivity contribution < 1.29 is 19.1 Å². The van der Waals surface area contributed by atoms with Gasteiger partial charge in [0, 0.05) is 6.04 Å². The summed E-state index contributed by atoms with van der Waals surface area (Å²) in [6.07, 6.45) is 0. The zero-order valence-electron chi connectivity index (χ0n) is 15.2. The van der Waals surface area contributed by atoms with E-state index in [0.717, 1.165) is 11.3 Å². The molecule has 138 valence electrons. The lowest BCUT2D eigenvalue weighted by Crippen LogP contribution is -2.34. The number of anilines is 1. The first-order valence-corrected chi connectivity index (χ1v) is 8.49. The molecule has 0 aromatic heterocycles. The van der Waals surface area contributed by atoms with Gasteiger partial charge in [0.2, 0.25) is 0 Å². The van der Waals surface area contributed by atoms with Crippen LogP contribution in [0, 0.1) is 6.92 Å². The maximum Gasteiger partial charge on any atom is 0.340 e. The van der Waals surface area contributed by atoms with Gasteiger partial charge < -0.3 is 20.1 Å². The molecule has 0 fully saturated rings. The predicted molar refractivity (Wildman–Crippen MR) is 101 cm³/mol. The van der Waals surface area contributed by atoms with E-state index in [1.165, 1.54) is 0 Å². The molecule has 6 nitrogen and oxygen atoms in total. The van der Waals surface area contributed by atoms with E-state index in [-0.39, 0.29) is 25.3 Å². The fourth-order valence-electron chi connectivity index (χ4n) is 2.20. The van der Waals surface area contributed by atoms with Crippen molar-refractivity contribution in [2.24, 2.45) is 0 Å². The predicted octanol–water partition coefficient (Wildman–Crippen LogP) is 3.76. The minimum atomic E-state index is -0.516. The molecule has 2 amide bonds. The first kappa shape index (κ1) is 19.3. The summed E-state index contributed by atoms with van der Waals surface area (Å²) in [7, 11) is 0. The summed E-state index contributed by atoms with van der Waals surface area (Å²) in [5, 5.41) is 5.37. The third-order valence-electron chi connectivity index (χ3n) is 3.42. The van der Waals surface area contributed by atoms with Crippen LogP contribution < -0.4 is 15.4 Å². The SMILES string of the molecule is Cc1ccc(OCCOC(=O)c2ccccc2NC(=O)NC(C)C)cc1. The number of aryl methyl sites for hydroxylation is 1. The van der Waals surface area contributed by atoms with Crippen molar-refractivity contribution in [1.82, 2.24) is 5.32 Å². The fourth-order valence-corrected chi connectivity index (χ4v) is 2.20. The summed E-state index contributed by atoms with van der Waals surface area (Å²) in [6, 6.07) is 14.0. The zero-order chi connectivity index (χ0) is 18.9. The number of hydrogen-bond donors (Lipinski definition) is 2. The molecule has 2 aromatic rings. The van der Waals surface area contributed by atoms with Gasteiger partial charge in [-0.2, -0.15) is 0 Å². The number of benzene rings is 2. The third-order valence-corrected chi connectivity index (χ3v) is 3.42. The van der Waals surface area contributed by atoms with Gasteiger partial charge in [-0.1, -0.05) is 29.8 Å². The average Bonchev–Trinajstić information content (AvgIpc) is 2.60. The first-order valence-electron chi connectivity index (χ1n) is 8.49. The van der Waals surface area contributed by atoms with Crippen LogP contribution >= 0.6 is 0 Å². The molecule has 0 bridgehead atoms. The second kappa shape index (κ2) is 9.46. The topological polar surface area (TPSA) is 76.7 Å². The number of amides is 2. The lowest BCUT2D eigenvalue weighted by Gasteiger charge is -2.13. The van der Waals surface area contributed by atoms with E-state index in [1.807, 2.05) is 45.0 Å². The molecule has 0 radical (unpaired) electrons. The fraction of sp³-hybridized carbons (Fsp3) is 0.300. The van der Waals surface area contributed by atoms with Crippen molar-refractivity contribution in [3.05, 3.63) is 59.7 Å².